The average Bonchev–Trinajstić information content (AvgIpc) is 2.81. The summed E-state index contributed by atoms with van der Waals surface area (Å²) in [6, 6.07) is 9.72. The lowest BCUT2D eigenvalue weighted by Gasteiger charge is -2.19. The molecule has 6 heteroatoms. The second-order valence-corrected chi connectivity index (χ2v) is 5.87. The molecule has 1 N–H and O–H groups in total. The molecule has 110 valence electrons. The summed E-state index contributed by atoms with van der Waals surface area (Å²) >= 11 is 1.22. The van der Waals surface area contributed by atoms with Crippen LogP contribution in [-0.4, -0.2) is 33.4 Å². The summed E-state index contributed by atoms with van der Waals surface area (Å²) in [7, 11) is 0. The van der Waals surface area contributed by atoms with Gasteiger partial charge in [0.2, 0.25) is 5.13 Å². The highest BCUT2D eigenvalue weighted by Gasteiger charge is 2.17. The fourth-order valence-corrected chi connectivity index (χ4v) is 3.00. The molecule has 1 fully saturated rings. The third kappa shape index (κ3) is 3.58. The van der Waals surface area contributed by atoms with E-state index < -0.39 is 0 Å². The van der Waals surface area contributed by atoms with E-state index in [0.29, 0.717) is 11.0 Å². The summed E-state index contributed by atoms with van der Waals surface area (Å²) < 4.78 is 4.30. The maximum atomic E-state index is 12.2. The summed E-state index contributed by atoms with van der Waals surface area (Å²) in [6.07, 6.45) is 4.58. The largest absolute Gasteiger partial charge is 0.324 e. The molecule has 0 aliphatic carbocycles. The second kappa shape index (κ2) is 6.67. The Hall–Kier alpha value is -1.95. The minimum Gasteiger partial charge on any atom is -0.324 e. The number of hydrogen-bond acceptors (Lipinski definition) is 4. The zero-order valence-electron chi connectivity index (χ0n) is 11.8. The van der Waals surface area contributed by atoms with Gasteiger partial charge in [0.05, 0.1) is 0 Å². The SMILES string of the molecule is O=C(Nc1nc(-c2ccccc2)ns1)N1CCCCCC1. The van der Waals surface area contributed by atoms with Gasteiger partial charge in [0, 0.05) is 30.2 Å². The summed E-state index contributed by atoms with van der Waals surface area (Å²) in [6.45, 7) is 1.66. The molecular formula is C15H18N4OS. The van der Waals surface area contributed by atoms with Gasteiger partial charge in [-0.2, -0.15) is 9.36 Å². The molecule has 1 aromatic heterocycles. The monoisotopic (exact) mass is 302 g/mol. The molecule has 1 aromatic carbocycles. The number of hydrogen-bond donors (Lipinski definition) is 1. The third-order valence-corrected chi connectivity index (χ3v) is 4.20. The van der Waals surface area contributed by atoms with Crippen LogP contribution in [0.4, 0.5) is 9.93 Å². The van der Waals surface area contributed by atoms with Crippen molar-refractivity contribution in [3.05, 3.63) is 30.3 Å². The van der Waals surface area contributed by atoms with E-state index in [-0.39, 0.29) is 6.03 Å². The van der Waals surface area contributed by atoms with Crippen molar-refractivity contribution in [3.63, 3.8) is 0 Å². The normalized spacial score (nSPS) is 15.5. The molecule has 0 bridgehead atoms. The summed E-state index contributed by atoms with van der Waals surface area (Å²) in [4.78, 5) is 18.5. The van der Waals surface area contributed by atoms with Gasteiger partial charge in [0.15, 0.2) is 5.82 Å². The minimum absolute atomic E-state index is 0.0624. The Morgan fingerprint density at radius 1 is 1.10 bits per heavy atom. The smallest absolute Gasteiger partial charge is 0.323 e. The maximum absolute atomic E-state index is 12.2. The predicted molar refractivity (Wildman–Crippen MR) is 84.4 cm³/mol. The predicted octanol–water partition coefficient (Wildman–Crippen LogP) is 3.61. The molecule has 5 nitrogen and oxygen atoms in total. The highest BCUT2D eigenvalue weighted by atomic mass is 32.1. The Bertz CT molecular complexity index is 591. The molecule has 21 heavy (non-hydrogen) atoms. The number of carbonyl (C=O) groups is 1. The number of benzene rings is 1. The van der Waals surface area contributed by atoms with Crippen molar-refractivity contribution in [2.45, 2.75) is 25.7 Å². The van der Waals surface area contributed by atoms with Crippen LogP contribution in [0.3, 0.4) is 0 Å². The van der Waals surface area contributed by atoms with Crippen LogP contribution in [0.2, 0.25) is 0 Å². The lowest BCUT2D eigenvalue weighted by Crippen LogP contribution is -2.35. The first-order chi connectivity index (χ1) is 10.3. The van der Waals surface area contributed by atoms with E-state index in [4.69, 9.17) is 0 Å². The van der Waals surface area contributed by atoms with Gasteiger partial charge in [-0.05, 0) is 12.8 Å². The van der Waals surface area contributed by atoms with Crippen molar-refractivity contribution in [1.82, 2.24) is 14.3 Å². The Labute approximate surface area is 128 Å². The van der Waals surface area contributed by atoms with E-state index in [9.17, 15) is 4.79 Å². The zero-order chi connectivity index (χ0) is 14.5. The molecule has 0 saturated carbocycles. The number of likely N-dealkylation sites (tertiary alicyclic amines) is 1. The van der Waals surface area contributed by atoms with Gasteiger partial charge in [0.25, 0.3) is 0 Å². The van der Waals surface area contributed by atoms with Crippen LogP contribution < -0.4 is 5.32 Å². The van der Waals surface area contributed by atoms with Crippen LogP contribution >= 0.6 is 11.5 Å². The molecule has 2 heterocycles. The number of rotatable bonds is 2. The first-order valence-electron chi connectivity index (χ1n) is 7.28. The number of nitrogens with zero attached hydrogens (tertiary/aromatic N) is 3. The molecule has 1 saturated heterocycles. The number of amides is 2. The van der Waals surface area contributed by atoms with Gasteiger partial charge in [-0.15, -0.1) is 0 Å². The average molecular weight is 302 g/mol. The molecule has 0 atom stereocenters. The summed E-state index contributed by atoms with van der Waals surface area (Å²) in [5.41, 5.74) is 0.962. The Morgan fingerprint density at radius 3 is 2.52 bits per heavy atom. The molecule has 2 amide bonds. The van der Waals surface area contributed by atoms with E-state index in [1.54, 1.807) is 0 Å². The quantitative estimate of drug-likeness (QED) is 0.922. The van der Waals surface area contributed by atoms with Crippen molar-refractivity contribution < 1.29 is 4.79 Å². The van der Waals surface area contributed by atoms with Crippen LogP contribution in [0.5, 0.6) is 0 Å². The number of anilines is 1. The van der Waals surface area contributed by atoms with Crippen LogP contribution in [0.1, 0.15) is 25.7 Å². The minimum atomic E-state index is -0.0624. The first-order valence-corrected chi connectivity index (χ1v) is 8.05. The topological polar surface area (TPSA) is 58.1 Å². The number of urea groups is 1. The van der Waals surface area contributed by atoms with Gasteiger partial charge >= 0.3 is 6.03 Å². The maximum Gasteiger partial charge on any atom is 0.323 e. The number of nitrogens with one attached hydrogen (secondary N) is 1. The van der Waals surface area contributed by atoms with Crippen molar-refractivity contribution in [3.8, 4) is 11.4 Å². The van der Waals surface area contributed by atoms with Crippen molar-refractivity contribution in [2.75, 3.05) is 18.4 Å². The first kappa shape index (κ1) is 14.0. The lowest BCUT2D eigenvalue weighted by molar-refractivity contribution is 0.214. The number of carbonyl (C=O) groups excluding carboxylic acids is 1. The highest BCUT2D eigenvalue weighted by molar-refractivity contribution is 7.10. The van der Waals surface area contributed by atoms with Gasteiger partial charge in [0.1, 0.15) is 0 Å². The van der Waals surface area contributed by atoms with E-state index in [1.165, 1.54) is 24.4 Å². The van der Waals surface area contributed by atoms with Crippen LogP contribution in [0.25, 0.3) is 11.4 Å². The van der Waals surface area contributed by atoms with Crippen molar-refractivity contribution in [1.29, 1.82) is 0 Å². The van der Waals surface area contributed by atoms with Gasteiger partial charge in [-0.3, -0.25) is 5.32 Å². The Balaban J connectivity index is 1.65. The Kier molecular flexibility index (Phi) is 4.45. The fraction of sp³-hybridized carbons (Fsp3) is 0.400. The highest BCUT2D eigenvalue weighted by Crippen LogP contribution is 2.21. The molecular weight excluding hydrogens is 284 g/mol. The fourth-order valence-electron chi connectivity index (χ4n) is 2.42. The Morgan fingerprint density at radius 2 is 1.81 bits per heavy atom. The standard InChI is InChI=1S/C15H18N4OS/c20-15(19-10-6-1-2-7-11-19)17-14-16-13(18-21-14)12-8-4-3-5-9-12/h3-5,8-9H,1-2,6-7,10-11H2,(H,16,17,18,20). The molecule has 2 aromatic rings. The lowest BCUT2D eigenvalue weighted by atomic mass is 10.2. The number of aromatic nitrogens is 2. The molecule has 0 spiro atoms. The molecule has 1 aliphatic rings. The van der Waals surface area contributed by atoms with Gasteiger partial charge in [-0.1, -0.05) is 43.2 Å². The van der Waals surface area contributed by atoms with Crippen LogP contribution in [-0.2, 0) is 0 Å². The zero-order valence-corrected chi connectivity index (χ0v) is 12.6. The summed E-state index contributed by atoms with van der Waals surface area (Å²) in [5, 5.41) is 3.42. The van der Waals surface area contributed by atoms with Gasteiger partial charge < -0.3 is 4.90 Å². The van der Waals surface area contributed by atoms with Crippen molar-refractivity contribution >= 4 is 22.7 Å². The van der Waals surface area contributed by atoms with Crippen LogP contribution in [0.15, 0.2) is 30.3 Å². The second-order valence-electron chi connectivity index (χ2n) is 5.12. The third-order valence-electron chi connectivity index (χ3n) is 3.57. The molecule has 0 radical (unpaired) electrons. The molecule has 3 rings (SSSR count). The van der Waals surface area contributed by atoms with Gasteiger partial charge in [-0.25, -0.2) is 4.79 Å². The van der Waals surface area contributed by atoms with E-state index in [1.807, 2.05) is 35.2 Å². The van der Waals surface area contributed by atoms with E-state index >= 15 is 0 Å². The summed E-state index contributed by atoms with van der Waals surface area (Å²) in [5.74, 6) is 0.659. The molecule has 0 unspecified atom stereocenters. The van der Waals surface area contributed by atoms with Crippen molar-refractivity contribution in [2.24, 2.45) is 0 Å². The van der Waals surface area contributed by atoms with Crippen LogP contribution in [0, 0.1) is 0 Å². The van der Waals surface area contributed by atoms with E-state index in [2.05, 4.69) is 14.7 Å². The van der Waals surface area contributed by atoms with E-state index in [0.717, 1.165) is 31.5 Å². The molecule has 1 aliphatic heterocycles.